The van der Waals surface area contributed by atoms with E-state index in [9.17, 15) is 13.6 Å². The van der Waals surface area contributed by atoms with E-state index in [-0.39, 0.29) is 11.3 Å². The first kappa shape index (κ1) is 16.1. The van der Waals surface area contributed by atoms with Crippen molar-refractivity contribution in [1.82, 2.24) is 4.98 Å². The molecule has 2 nitrogen and oxygen atoms in total. The van der Waals surface area contributed by atoms with Crippen LogP contribution in [0, 0.1) is 11.6 Å². The summed E-state index contributed by atoms with van der Waals surface area (Å²) in [6, 6.07) is 20.6. The lowest BCUT2D eigenvalue weighted by Gasteiger charge is -2.11. The fourth-order valence-electron chi connectivity index (χ4n) is 2.93. The summed E-state index contributed by atoms with van der Waals surface area (Å²) in [6.07, 6.45) is 0. The zero-order valence-corrected chi connectivity index (χ0v) is 13.6. The normalized spacial score (nSPS) is 10.8. The fraction of sp³-hybridized carbons (Fsp3) is 0. The molecular weight excluding hydrogens is 332 g/mol. The van der Waals surface area contributed by atoms with Gasteiger partial charge in [-0.05, 0) is 42.0 Å². The van der Waals surface area contributed by atoms with E-state index in [4.69, 9.17) is 0 Å². The Balaban J connectivity index is 1.97. The summed E-state index contributed by atoms with van der Waals surface area (Å²) in [4.78, 5) is 17.5. The van der Waals surface area contributed by atoms with Gasteiger partial charge in [0.15, 0.2) is 0 Å². The first-order chi connectivity index (χ1) is 12.6. The van der Waals surface area contributed by atoms with Gasteiger partial charge in [-0.25, -0.2) is 13.8 Å². The van der Waals surface area contributed by atoms with Gasteiger partial charge < -0.3 is 0 Å². The van der Waals surface area contributed by atoms with Crippen molar-refractivity contribution >= 4 is 16.7 Å². The van der Waals surface area contributed by atoms with Crippen molar-refractivity contribution in [3.63, 3.8) is 0 Å². The second-order valence-electron chi connectivity index (χ2n) is 5.93. The molecule has 0 saturated carbocycles. The van der Waals surface area contributed by atoms with Gasteiger partial charge in [-0.2, -0.15) is 0 Å². The van der Waals surface area contributed by atoms with E-state index in [0.717, 1.165) is 5.39 Å². The van der Waals surface area contributed by atoms with Crippen LogP contribution >= 0.6 is 0 Å². The predicted molar refractivity (Wildman–Crippen MR) is 97.0 cm³/mol. The Labute approximate surface area is 148 Å². The van der Waals surface area contributed by atoms with Crippen molar-refractivity contribution < 1.29 is 13.6 Å². The highest BCUT2D eigenvalue weighted by Gasteiger charge is 2.18. The number of carbonyl (C=O) groups excluding carboxylic acids is 1. The highest BCUT2D eigenvalue weighted by molar-refractivity contribution is 6.12. The third-order valence-corrected chi connectivity index (χ3v) is 4.16. The van der Waals surface area contributed by atoms with E-state index in [1.165, 1.54) is 36.4 Å². The van der Waals surface area contributed by atoms with Crippen molar-refractivity contribution in [2.75, 3.05) is 0 Å². The molecule has 0 bridgehead atoms. The predicted octanol–water partition coefficient (Wildman–Crippen LogP) is 5.41. The molecule has 4 heteroatoms. The fourth-order valence-corrected chi connectivity index (χ4v) is 2.93. The quantitative estimate of drug-likeness (QED) is 0.465. The van der Waals surface area contributed by atoms with E-state index in [1.807, 2.05) is 24.3 Å². The van der Waals surface area contributed by atoms with Gasteiger partial charge in [0.1, 0.15) is 17.3 Å². The SMILES string of the molecule is O=C(c1cccc(F)c1)c1nc2ccccc2cc1-c1cccc(F)c1. The van der Waals surface area contributed by atoms with Crippen LogP contribution in [-0.4, -0.2) is 10.8 Å². The lowest BCUT2D eigenvalue weighted by atomic mass is 9.96. The van der Waals surface area contributed by atoms with Crippen LogP contribution in [-0.2, 0) is 0 Å². The van der Waals surface area contributed by atoms with Crippen LogP contribution in [0.4, 0.5) is 8.78 Å². The number of para-hydroxylation sites is 1. The molecule has 0 N–H and O–H groups in total. The standard InChI is InChI=1S/C22H13F2NO/c23-17-8-3-6-14(11-17)19-13-15-5-1-2-10-20(15)25-21(19)22(26)16-7-4-9-18(24)12-16/h1-13H. The summed E-state index contributed by atoms with van der Waals surface area (Å²) in [5, 5.41) is 0.836. The Kier molecular flexibility index (Phi) is 4.01. The van der Waals surface area contributed by atoms with Crippen LogP contribution < -0.4 is 0 Å². The van der Waals surface area contributed by atoms with E-state index in [0.29, 0.717) is 16.6 Å². The Bertz CT molecular complexity index is 1140. The Morgan fingerprint density at radius 1 is 0.769 bits per heavy atom. The number of ketones is 1. The third kappa shape index (κ3) is 2.97. The zero-order valence-electron chi connectivity index (χ0n) is 13.6. The number of benzene rings is 3. The number of halogens is 2. The minimum atomic E-state index is -0.496. The summed E-state index contributed by atoms with van der Waals surface area (Å²) in [6.45, 7) is 0. The smallest absolute Gasteiger partial charge is 0.212 e. The van der Waals surface area contributed by atoms with Crippen molar-refractivity contribution in [3.8, 4) is 11.1 Å². The topological polar surface area (TPSA) is 30.0 Å². The van der Waals surface area contributed by atoms with Gasteiger partial charge in [0, 0.05) is 16.5 Å². The Hall–Kier alpha value is -3.40. The lowest BCUT2D eigenvalue weighted by molar-refractivity contribution is 0.103. The molecule has 0 amide bonds. The molecule has 0 aliphatic rings. The van der Waals surface area contributed by atoms with Gasteiger partial charge in [0.2, 0.25) is 5.78 Å². The summed E-state index contributed by atoms with van der Waals surface area (Å²) in [7, 11) is 0. The summed E-state index contributed by atoms with van der Waals surface area (Å²) in [5.41, 5.74) is 2.07. The van der Waals surface area contributed by atoms with Crippen LogP contribution in [0.25, 0.3) is 22.0 Å². The molecule has 4 aromatic rings. The van der Waals surface area contributed by atoms with Crippen LogP contribution in [0.5, 0.6) is 0 Å². The van der Waals surface area contributed by atoms with Gasteiger partial charge in [-0.15, -0.1) is 0 Å². The largest absolute Gasteiger partial charge is 0.287 e. The minimum absolute atomic E-state index is 0.167. The van der Waals surface area contributed by atoms with E-state index < -0.39 is 17.4 Å². The first-order valence-electron chi connectivity index (χ1n) is 8.08. The second kappa shape index (κ2) is 6.48. The van der Waals surface area contributed by atoms with E-state index in [1.54, 1.807) is 18.2 Å². The molecule has 0 fully saturated rings. The van der Waals surface area contributed by atoms with Gasteiger partial charge in [-0.1, -0.05) is 42.5 Å². The highest BCUT2D eigenvalue weighted by Crippen LogP contribution is 2.29. The third-order valence-electron chi connectivity index (χ3n) is 4.16. The number of rotatable bonds is 3. The molecule has 1 heterocycles. The highest BCUT2D eigenvalue weighted by atomic mass is 19.1. The summed E-state index contributed by atoms with van der Waals surface area (Å²) >= 11 is 0. The number of carbonyl (C=O) groups is 1. The molecule has 0 aliphatic heterocycles. The van der Waals surface area contributed by atoms with Gasteiger partial charge >= 0.3 is 0 Å². The van der Waals surface area contributed by atoms with E-state index >= 15 is 0 Å². The van der Waals surface area contributed by atoms with Crippen molar-refractivity contribution in [2.45, 2.75) is 0 Å². The number of nitrogens with zero attached hydrogens (tertiary/aromatic N) is 1. The lowest BCUT2D eigenvalue weighted by Crippen LogP contribution is -2.07. The molecular formula is C22H13F2NO. The molecule has 0 aliphatic carbocycles. The maximum atomic E-state index is 13.7. The molecule has 0 atom stereocenters. The maximum Gasteiger partial charge on any atom is 0.212 e. The number of hydrogen-bond donors (Lipinski definition) is 0. The number of hydrogen-bond acceptors (Lipinski definition) is 2. The molecule has 126 valence electrons. The number of aromatic nitrogens is 1. The monoisotopic (exact) mass is 345 g/mol. The molecule has 1 aromatic heterocycles. The zero-order chi connectivity index (χ0) is 18.1. The van der Waals surface area contributed by atoms with Crippen LogP contribution in [0.3, 0.4) is 0 Å². The second-order valence-corrected chi connectivity index (χ2v) is 5.93. The summed E-state index contributed by atoms with van der Waals surface area (Å²) < 4.78 is 27.3. The minimum Gasteiger partial charge on any atom is -0.287 e. The molecule has 4 rings (SSSR count). The maximum absolute atomic E-state index is 13.7. The number of fused-ring (bicyclic) bond motifs is 1. The van der Waals surface area contributed by atoms with Crippen molar-refractivity contribution in [2.24, 2.45) is 0 Å². The molecule has 26 heavy (non-hydrogen) atoms. The molecule has 0 spiro atoms. The van der Waals surface area contributed by atoms with Gasteiger partial charge in [0.25, 0.3) is 0 Å². The Morgan fingerprint density at radius 2 is 1.50 bits per heavy atom. The molecule has 0 saturated heterocycles. The Morgan fingerprint density at radius 3 is 2.27 bits per heavy atom. The van der Waals surface area contributed by atoms with Crippen molar-refractivity contribution in [1.29, 1.82) is 0 Å². The summed E-state index contributed by atoms with van der Waals surface area (Å²) in [5.74, 6) is -1.31. The van der Waals surface area contributed by atoms with Crippen LogP contribution in [0.1, 0.15) is 16.1 Å². The van der Waals surface area contributed by atoms with Crippen LogP contribution in [0.2, 0.25) is 0 Å². The van der Waals surface area contributed by atoms with Crippen molar-refractivity contribution in [3.05, 3.63) is 102 Å². The number of pyridine rings is 1. The van der Waals surface area contributed by atoms with Crippen LogP contribution in [0.15, 0.2) is 78.9 Å². The molecule has 0 unspecified atom stereocenters. The van der Waals surface area contributed by atoms with E-state index in [2.05, 4.69) is 4.98 Å². The van der Waals surface area contributed by atoms with Gasteiger partial charge in [0.05, 0.1) is 5.52 Å². The molecule has 3 aromatic carbocycles. The average Bonchev–Trinajstić information content (AvgIpc) is 2.66. The van der Waals surface area contributed by atoms with Gasteiger partial charge in [-0.3, -0.25) is 4.79 Å². The first-order valence-corrected chi connectivity index (χ1v) is 8.08. The average molecular weight is 345 g/mol. The molecule has 0 radical (unpaired) electrons.